The fraction of sp³-hybridized carbons (Fsp3) is 0.467. The van der Waals surface area contributed by atoms with Crippen molar-refractivity contribution in [2.45, 2.75) is 19.4 Å². The summed E-state index contributed by atoms with van der Waals surface area (Å²) >= 11 is 1.86. The van der Waals surface area contributed by atoms with E-state index in [9.17, 15) is 9.59 Å². The number of methoxy groups -OCH3 is 1. The van der Waals surface area contributed by atoms with E-state index in [0.29, 0.717) is 23.5 Å². The highest BCUT2D eigenvalue weighted by Crippen LogP contribution is 2.28. The van der Waals surface area contributed by atoms with Crippen LogP contribution in [0.5, 0.6) is 5.75 Å². The number of carbonyl (C=O) groups excluding carboxylic acids is 2. The van der Waals surface area contributed by atoms with Gasteiger partial charge in [-0.2, -0.15) is 11.8 Å². The van der Waals surface area contributed by atoms with Crippen molar-refractivity contribution in [1.82, 2.24) is 5.32 Å². The number of thioether (sulfide) groups is 1. The third kappa shape index (κ3) is 6.29. The topological polar surface area (TPSA) is 79.5 Å². The van der Waals surface area contributed by atoms with E-state index in [1.807, 2.05) is 11.8 Å². The van der Waals surface area contributed by atoms with Crippen LogP contribution in [0.15, 0.2) is 18.2 Å². The van der Waals surface area contributed by atoms with Crippen molar-refractivity contribution in [3.63, 3.8) is 0 Å². The van der Waals surface area contributed by atoms with Gasteiger partial charge in [0.2, 0.25) is 11.8 Å². The van der Waals surface area contributed by atoms with E-state index in [1.165, 1.54) is 14.0 Å². The van der Waals surface area contributed by atoms with E-state index < -0.39 is 0 Å². The lowest BCUT2D eigenvalue weighted by atomic mass is 10.2. The molecule has 0 aromatic heterocycles. The summed E-state index contributed by atoms with van der Waals surface area (Å²) in [6.45, 7) is 2.37. The molecule has 1 aliphatic heterocycles. The number of ether oxygens (including phenoxy) is 1. The average Bonchev–Trinajstić information content (AvgIpc) is 2.48. The van der Waals surface area contributed by atoms with Crippen molar-refractivity contribution in [2.75, 3.05) is 35.8 Å². The van der Waals surface area contributed by atoms with Gasteiger partial charge in [0.25, 0.3) is 0 Å². The maximum atomic E-state index is 12.1. The lowest BCUT2D eigenvalue weighted by Gasteiger charge is -2.22. The Morgan fingerprint density at radius 1 is 1.39 bits per heavy atom. The number of anilines is 2. The molecule has 1 aliphatic rings. The summed E-state index contributed by atoms with van der Waals surface area (Å²) in [4.78, 5) is 23.3. The standard InChI is InChI=1S/C15H21N3O3S.ClH/c1-10(19)17-13-7-11(3-4-14(13)21-2)18-15(20)8-12-9-22-6-5-16-12;/h3-4,7,12,16H,5-6,8-9H2,1-2H3,(H,17,19)(H,18,20);1H. The molecule has 8 heteroatoms. The maximum Gasteiger partial charge on any atom is 0.225 e. The van der Waals surface area contributed by atoms with Gasteiger partial charge < -0.3 is 20.7 Å². The first-order valence-electron chi connectivity index (χ1n) is 7.15. The van der Waals surface area contributed by atoms with Crippen LogP contribution in [0, 0.1) is 0 Å². The van der Waals surface area contributed by atoms with Gasteiger partial charge in [0, 0.05) is 43.1 Å². The Balaban J connectivity index is 0.00000264. The molecule has 1 aromatic rings. The normalized spacial score (nSPS) is 16.9. The summed E-state index contributed by atoms with van der Waals surface area (Å²) < 4.78 is 5.19. The van der Waals surface area contributed by atoms with Crippen molar-refractivity contribution >= 4 is 47.4 Å². The zero-order valence-corrected chi connectivity index (χ0v) is 14.8. The van der Waals surface area contributed by atoms with Crippen LogP contribution in [0.3, 0.4) is 0 Å². The Hall–Kier alpha value is -1.44. The highest BCUT2D eigenvalue weighted by Gasteiger charge is 2.17. The fourth-order valence-corrected chi connectivity index (χ4v) is 3.21. The Morgan fingerprint density at radius 2 is 2.17 bits per heavy atom. The van der Waals surface area contributed by atoms with Crippen molar-refractivity contribution in [2.24, 2.45) is 0 Å². The van der Waals surface area contributed by atoms with Crippen molar-refractivity contribution in [3.05, 3.63) is 18.2 Å². The number of benzene rings is 1. The van der Waals surface area contributed by atoms with Gasteiger partial charge in [-0.1, -0.05) is 0 Å². The number of amides is 2. The van der Waals surface area contributed by atoms with E-state index in [0.717, 1.165) is 18.1 Å². The van der Waals surface area contributed by atoms with Crippen molar-refractivity contribution < 1.29 is 14.3 Å². The van der Waals surface area contributed by atoms with E-state index in [2.05, 4.69) is 16.0 Å². The molecule has 128 valence electrons. The Morgan fingerprint density at radius 3 is 2.78 bits per heavy atom. The van der Waals surface area contributed by atoms with E-state index in [1.54, 1.807) is 18.2 Å². The minimum absolute atomic E-state index is 0. The molecule has 1 fully saturated rings. The zero-order chi connectivity index (χ0) is 15.9. The summed E-state index contributed by atoms with van der Waals surface area (Å²) in [5.41, 5.74) is 1.18. The van der Waals surface area contributed by atoms with Crippen LogP contribution in [0.1, 0.15) is 13.3 Å². The molecule has 1 atom stereocenters. The molecule has 0 spiro atoms. The first kappa shape index (κ1) is 19.6. The van der Waals surface area contributed by atoms with Gasteiger partial charge in [-0.15, -0.1) is 12.4 Å². The lowest BCUT2D eigenvalue weighted by molar-refractivity contribution is -0.116. The van der Waals surface area contributed by atoms with Crippen molar-refractivity contribution in [1.29, 1.82) is 0 Å². The number of hydrogen-bond donors (Lipinski definition) is 3. The van der Waals surface area contributed by atoms with Crippen molar-refractivity contribution in [3.8, 4) is 5.75 Å². The van der Waals surface area contributed by atoms with E-state index in [4.69, 9.17) is 4.74 Å². The van der Waals surface area contributed by atoms with Crippen LogP contribution in [0.2, 0.25) is 0 Å². The van der Waals surface area contributed by atoms with Gasteiger partial charge >= 0.3 is 0 Å². The highest BCUT2D eigenvalue weighted by molar-refractivity contribution is 7.99. The maximum absolute atomic E-state index is 12.1. The molecule has 0 saturated carbocycles. The molecule has 0 radical (unpaired) electrons. The molecule has 2 amide bonds. The summed E-state index contributed by atoms with van der Waals surface area (Å²) in [6.07, 6.45) is 0.439. The van der Waals surface area contributed by atoms with Crippen LogP contribution in [-0.2, 0) is 9.59 Å². The molecule has 0 bridgehead atoms. The third-order valence-corrected chi connectivity index (χ3v) is 4.36. The number of rotatable bonds is 5. The minimum atomic E-state index is -0.190. The van der Waals surface area contributed by atoms with Crippen LogP contribution in [0.25, 0.3) is 0 Å². The summed E-state index contributed by atoms with van der Waals surface area (Å²) in [7, 11) is 1.53. The predicted molar refractivity (Wildman–Crippen MR) is 96.9 cm³/mol. The molecule has 3 N–H and O–H groups in total. The molecule has 1 aromatic carbocycles. The summed E-state index contributed by atoms with van der Waals surface area (Å²) in [5.74, 6) is 2.37. The first-order valence-corrected chi connectivity index (χ1v) is 8.30. The SMILES string of the molecule is COc1ccc(NC(=O)CC2CSCCN2)cc1NC(C)=O.Cl. The Kier molecular flexibility index (Phi) is 8.22. The Labute approximate surface area is 146 Å². The summed E-state index contributed by atoms with van der Waals surface area (Å²) in [5, 5.41) is 8.88. The molecular weight excluding hydrogens is 338 g/mol. The second-order valence-corrected chi connectivity index (χ2v) is 6.22. The van der Waals surface area contributed by atoms with Gasteiger partial charge in [-0.3, -0.25) is 9.59 Å². The fourth-order valence-electron chi connectivity index (χ4n) is 2.26. The molecule has 1 heterocycles. The number of halogens is 1. The molecular formula is C15H22ClN3O3S. The van der Waals surface area contributed by atoms with Crippen LogP contribution < -0.4 is 20.7 Å². The van der Waals surface area contributed by atoms with Crippen LogP contribution in [0.4, 0.5) is 11.4 Å². The average molecular weight is 360 g/mol. The van der Waals surface area contributed by atoms with Crippen LogP contribution in [-0.4, -0.2) is 43.0 Å². The molecule has 2 rings (SSSR count). The third-order valence-electron chi connectivity index (χ3n) is 3.22. The molecule has 1 unspecified atom stereocenters. The molecule has 0 aliphatic carbocycles. The quantitative estimate of drug-likeness (QED) is 0.750. The smallest absolute Gasteiger partial charge is 0.225 e. The lowest BCUT2D eigenvalue weighted by Crippen LogP contribution is -2.39. The second kappa shape index (κ2) is 9.64. The highest BCUT2D eigenvalue weighted by atomic mass is 35.5. The first-order chi connectivity index (χ1) is 10.6. The number of hydrogen-bond acceptors (Lipinski definition) is 5. The van der Waals surface area contributed by atoms with Gasteiger partial charge in [-0.05, 0) is 18.2 Å². The number of carbonyl (C=O) groups is 2. The van der Waals surface area contributed by atoms with Gasteiger partial charge in [0.1, 0.15) is 5.75 Å². The number of nitrogens with one attached hydrogen (secondary N) is 3. The van der Waals surface area contributed by atoms with Gasteiger partial charge in [-0.25, -0.2) is 0 Å². The molecule has 1 saturated heterocycles. The predicted octanol–water partition coefficient (Wildman–Crippen LogP) is 2.11. The summed E-state index contributed by atoms with van der Waals surface area (Å²) in [6, 6.07) is 5.38. The van der Waals surface area contributed by atoms with Gasteiger partial charge in [0.15, 0.2) is 0 Å². The monoisotopic (exact) mass is 359 g/mol. The zero-order valence-electron chi connectivity index (χ0n) is 13.2. The minimum Gasteiger partial charge on any atom is -0.495 e. The van der Waals surface area contributed by atoms with E-state index >= 15 is 0 Å². The molecule has 6 nitrogen and oxygen atoms in total. The van der Waals surface area contributed by atoms with E-state index in [-0.39, 0.29) is 30.3 Å². The van der Waals surface area contributed by atoms with Gasteiger partial charge in [0.05, 0.1) is 12.8 Å². The van der Waals surface area contributed by atoms with Crippen LogP contribution >= 0.6 is 24.2 Å². The molecule has 23 heavy (non-hydrogen) atoms. The largest absolute Gasteiger partial charge is 0.495 e. The second-order valence-electron chi connectivity index (χ2n) is 5.07. The Bertz CT molecular complexity index is 551.